The fourth-order valence-corrected chi connectivity index (χ4v) is 4.94. The Hall–Kier alpha value is -4.00. The van der Waals surface area contributed by atoms with Crippen molar-refractivity contribution in [2.24, 2.45) is 0 Å². The van der Waals surface area contributed by atoms with Crippen molar-refractivity contribution in [1.29, 1.82) is 0 Å². The minimum Gasteiger partial charge on any atom is -0.497 e. The smallest absolute Gasteiger partial charge is 0.339 e. The molecule has 0 radical (unpaired) electrons. The predicted octanol–water partition coefficient (Wildman–Crippen LogP) is 5.55. The number of hydrogen-bond acceptors (Lipinski definition) is 5. The van der Waals surface area contributed by atoms with Crippen molar-refractivity contribution in [3.8, 4) is 5.75 Å². The molecule has 5 rings (SSSR count). The highest BCUT2D eigenvalue weighted by molar-refractivity contribution is 6.00. The van der Waals surface area contributed by atoms with Gasteiger partial charge in [-0.15, -0.1) is 0 Å². The molecule has 0 bridgehead atoms. The molecule has 3 aromatic heterocycles. The molecule has 5 aromatic rings. The number of ether oxygens (including phenoxy) is 1. The van der Waals surface area contributed by atoms with Gasteiger partial charge >= 0.3 is 5.63 Å². The first-order chi connectivity index (χ1) is 17.3. The van der Waals surface area contributed by atoms with Gasteiger partial charge in [0.1, 0.15) is 22.7 Å². The molecule has 0 saturated carbocycles. The molecule has 3 heterocycles. The van der Waals surface area contributed by atoms with Gasteiger partial charge in [-0.05, 0) is 81.5 Å². The van der Waals surface area contributed by atoms with Crippen LogP contribution in [-0.4, -0.2) is 24.5 Å². The predicted molar refractivity (Wildman–Crippen MR) is 141 cm³/mol. The van der Waals surface area contributed by atoms with Crippen LogP contribution in [0.1, 0.15) is 40.0 Å². The molecule has 7 nitrogen and oxygen atoms in total. The van der Waals surface area contributed by atoms with Gasteiger partial charge in [0.05, 0.1) is 7.11 Å². The first kappa shape index (κ1) is 23.7. The minimum absolute atomic E-state index is 0.0979. The number of fused-ring (bicyclic) bond motifs is 3. The zero-order chi connectivity index (χ0) is 25.6. The normalized spacial score (nSPS) is 11.6. The van der Waals surface area contributed by atoms with E-state index in [-0.39, 0.29) is 12.3 Å². The molecule has 0 atom stereocenters. The third kappa shape index (κ3) is 4.04. The summed E-state index contributed by atoms with van der Waals surface area (Å²) in [4.78, 5) is 28.7. The SMILES string of the molecule is COc1ccc2[nH]cc(CCNC(=O)CCc3c(C)c4cc5c(C)c(C)oc5c(C)c4oc3=O)c2c1. The van der Waals surface area contributed by atoms with E-state index in [1.807, 2.05) is 58.2 Å². The van der Waals surface area contributed by atoms with Crippen LogP contribution >= 0.6 is 0 Å². The van der Waals surface area contributed by atoms with E-state index in [2.05, 4.69) is 10.3 Å². The Morgan fingerprint density at radius 1 is 0.944 bits per heavy atom. The first-order valence-electron chi connectivity index (χ1n) is 12.1. The Morgan fingerprint density at radius 2 is 1.69 bits per heavy atom. The topological polar surface area (TPSA) is 97.5 Å². The molecule has 0 unspecified atom stereocenters. The maximum absolute atomic E-state index is 12.8. The summed E-state index contributed by atoms with van der Waals surface area (Å²) in [5, 5.41) is 5.96. The van der Waals surface area contributed by atoms with Gasteiger partial charge in [0.2, 0.25) is 5.91 Å². The Bertz CT molecular complexity index is 1690. The van der Waals surface area contributed by atoms with Gasteiger partial charge < -0.3 is 23.9 Å². The summed E-state index contributed by atoms with van der Waals surface area (Å²) in [5.41, 5.74) is 6.33. The molecule has 0 saturated heterocycles. The summed E-state index contributed by atoms with van der Waals surface area (Å²) in [7, 11) is 1.65. The van der Waals surface area contributed by atoms with Crippen LogP contribution < -0.4 is 15.7 Å². The highest BCUT2D eigenvalue weighted by Gasteiger charge is 2.19. The fraction of sp³-hybridized carbons (Fsp3) is 0.310. The Labute approximate surface area is 208 Å². The molecule has 1 amide bonds. The van der Waals surface area contributed by atoms with E-state index < -0.39 is 5.63 Å². The number of furan rings is 1. The van der Waals surface area contributed by atoms with Crippen LogP contribution in [-0.2, 0) is 17.6 Å². The minimum atomic E-state index is -0.400. The van der Waals surface area contributed by atoms with Crippen molar-refractivity contribution in [1.82, 2.24) is 10.3 Å². The average molecular weight is 487 g/mol. The Balaban J connectivity index is 1.29. The van der Waals surface area contributed by atoms with Crippen LogP contribution in [0.25, 0.3) is 32.8 Å². The second-order valence-electron chi connectivity index (χ2n) is 9.36. The zero-order valence-electron chi connectivity index (χ0n) is 21.3. The van der Waals surface area contributed by atoms with Crippen LogP contribution in [0.15, 0.2) is 44.1 Å². The molecule has 186 valence electrons. The summed E-state index contributed by atoms with van der Waals surface area (Å²) in [5.74, 6) is 1.55. The van der Waals surface area contributed by atoms with Gasteiger partial charge in [0, 0.05) is 52.0 Å². The summed E-state index contributed by atoms with van der Waals surface area (Å²) in [6, 6.07) is 7.92. The lowest BCUT2D eigenvalue weighted by atomic mass is 9.98. The van der Waals surface area contributed by atoms with E-state index in [1.165, 1.54) is 0 Å². The summed E-state index contributed by atoms with van der Waals surface area (Å²) in [6.45, 7) is 8.29. The number of aryl methyl sites for hydroxylation is 4. The third-order valence-electron chi connectivity index (χ3n) is 7.24. The molecule has 0 fully saturated rings. The van der Waals surface area contributed by atoms with Crippen molar-refractivity contribution < 1.29 is 18.4 Å². The number of aromatic nitrogens is 1. The maximum Gasteiger partial charge on any atom is 0.339 e. The Kier molecular flexibility index (Phi) is 6.08. The summed E-state index contributed by atoms with van der Waals surface area (Å²) >= 11 is 0. The summed E-state index contributed by atoms with van der Waals surface area (Å²) < 4.78 is 16.9. The number of hydrogen-bond donors (Lipinski definition) is 2. The number of amides is 1. The molecule has 7 heteroatoms. The highest BCUT2D eigenvalue weighted by atomic mass is 16.5. The fourth-order valence-electron chi connectivity index (χ4n) is 4.94. The summed E-state index contributed by atoms with van der Waals surface area (Å²) in [6.07, 6.45) is 3.18. The van der Waals surface area contributed by atoms with Crippen LogP contribution in [0.2, 0.25) is 0 Å². The van der Waals surface area contributed by atoms with Crippen LogP contribution in [0, 0.1) is 27.7 Å². The molecular formula is C29H30N2O5. The number of aromatic amines is 1. The number of carbonyl (C=O) groups is 1. The van der Waals surface area contributed by atoms with Crippen LogP contribution in [0.5, 0.6) is 5.75 Å². The molecule has 36 heavy (non-hydrogen) atoms. The largest absolute Gasteiger partial charge is 0.497 e. The standard InChI is InChI=1S/C29H30N2O5/c1-15-18(4)35-27-17(3)28-23(13-22(15)27)16(2)21(29(33)36-28)7-9-26(32)30-11-10-19-14-31-25-8-6-20(34-5)12-24(19)25/h6,8,12-14,31H,7,9-11H2,1-5H3,(H,30,32). The van der Waals surface area contributed by atoms with E-state index in [0.29, 0.717) is 30.5 Å². The zero-order valence-corrected chi connectivity index (χ0v) is 21.3. The molecule has 0 aliphatic rings. The van der Waals surface area contributed by atoms with Gasteiger partial charge in [-0.25, -0.2) is 4.79 Å². The van der Waals surface area contributed by atoms with E-state index in [0.717, 1.165) is 61.0 Å². The lowest BCUT2D eigenvalue weighted by Gasteiger charge is -2.10. The van der Waals surface area contributed by atoms with Crippen LogP contribution in [0.4, 0.5) is 0 Å². The van der Waals surface area contributed by atoms with Gasteiger partial charge in [0.25, 0.3) is 0 Å². The number of rotatable bonds is 7. The van der Waals surface area contributed by atoms with Gasteiger partial charge in [0.15, 0.2) is 0 Å². The average Bonchev–Trinajstić information content (AvgIpc) is 3.40. The maximum atomic E-state index is 12.8. The van der Waals surface area contributed by atoms with Gasteiger partial charge in [-0.1, -0.05) is 0 Å². The van der Waals surface area contributed by atoms with Crippen molar-refractivity contribution in [3.63, 3.8) is 0 Å². The number of methoxy groups -OCH3 is 1. The van der Waals surface area contributed by atoms with E-state index >= 15 is 0 Å². The van der Waals surface area contributed by atoms with Crippen molar-refractivity contribution >= 4 is 38.7 Å². The van der Waals surface area contributed by atoms with Crippen LogP contribution in [0.3, 0.4) is 0 Å². The number of benzene rings is 2. The highest BCUT2D eigenvalue weighted by Crippen LogP contribution is 2.34. The Morgan fingerprint density at radius 3 is 2.47 bits per heavy atom. The monoisotopic (exact) mass is 486 g/mol. The first-order valence-corrected chi connectivity index (χ1v) is 12.1. The second kappa shape index (κ2) is 9.22. The number of nitrogens with one attached hydrogen (secondary N) is 2. The molecule has 0 spiro atoms. The number of carbonyl (C=O) groups excluding carboxylic acids is 1. The molecule has 2 N–H and O–H groups in total. The van der Waals surface area contributed by atoms with Crippen molar-refractivity contribution in [2.75, 3.05) is 13.7 Å². The quantitative estimate of drug-likeness (QED) is 0.294. The van der Waals surface area contributed by atoms with E-state index in [4.69, 9.17) is 13.6 Å². The van der Waals surface area contributed by atoms with E-state index in [9.17, 15) is 9.59 Å². The van der Waals surface area contributed by atoms with Gasteiger partial charge in [-0.2, -0.15) is 0 Å². The third-order valence-corrected chi connectivity index (χ3v) is 7.24. The van der Waals surface area contributed by atoms with E-state index in [1.54, 1.807) is 7.11 Å². The molecule has 0 aliphatic carbocycles. The lowest BCUT2D eigenvalue weighted by molar-refractivity contribution is -0.121. The molecular weight excluding hydrogens is 456 g/mol. The second-order valence-corrected chi connectivity index (χ2v) is 9.36. The van der Waals surface area contributed by atoms with Crippen molar-refractivity contribution in [3.05, 3.63) is 74.5 Å². The van der Waals surface area contributed by atoms with Crippen molar-refractivity contribution in [2.45, 2.75) is 47.0 Å². The molecule has 0 aliphatic heterocycles. The van der Waals surface area contributed by atoms with Gasteiger partial charge in [-0.3, -0.25) is 4.79 Å². The number of H-pyrrole nitrogens is 1. The molecule has 2 aromatic carbocycles. The lowest BCUT2D eigenvalue weighted by Crippen LogP contribution is -2.26.